The van der Waals surface area contributed by atoms with Gasteiger partial charge in [-0.2, -0.15) is 0 Å². The summed E-state index contributed by atoms with van der Waals surface area (Å²) in [6.45, 7) is 1.44. The van der Waals surface area contributed by atoms with E-state index in [1.807, 2.05) is 0 Å². The van der Waals surface area contributed by atoms with Gasteiger partial charge in [0.25, 0.3) is 0 Å². The first-order valence-electron chi connectivity index (χ1n) is 9.28. The molecule has 0 aliphatic carbocycles. The Balaban J connectivity index is 1.33. The van der Waals surface area contributed by atoms with Crippen LogP contribution in [0.25, 0.3) is 10.2 Å². The first-order valence-corrected chi connectivity index (χ1v) is 11.0. The van der Waals surface area contributed by atoms with Gasteiger partial charge in [-0.15, -0.1) is 11.3 Å². The summed E-state index contributed by atoms with van der Waals surface area (Å²) in [4.78, 5) is 35.0. The minimum atomic E-state index is -0.260. The smallest absolute Gasteiger partial charge is 0.229 e. The van der Waals surface area contributed by atoms with E-state index in [0.717, 1.165) is 28.4 Å². The molecule has 0 saturated carbocycles. The fraction of sp³-hybridized carbons (Fsp3) is 0.368. The zero-order valence-electron chi connectivity index (χ0n) is 15.8. The van der Waals surface area contributed by atoms with Crippen molar-refractivity contribution in [3.05, 3.63) is 35.1 Å². The summed E-state index contributed by atoms with van der Waals surface area (Å²) < 4.78 is 14.2. The number of amides is 2. The third-order valence-electron chi connectivity index (χ3n) is 4.88. The molecule has 0 spiro atoms. The fourth-order valence-electron chi connectivity index (χ4n) is 3.26. The van der Waals surface area contributed by atoms with Crippen LogP contribution >= 0.6 is 22.7 Å². The molecule has 1 saturated heterocycles. The molecule has 1 aromatic carbocycles. The summed E-state index contributed by atoms with van der Waals surface area (Å²) in [5, 5.41) is 8.59. The molecular formula is C19H20FN5O2S2. The Kier molecular flexibility index (Phi) is 5.72. The van der Waals surface area contributed by atoms with Gasteiger partial charge in [0, 0.05) is 31.4 Å². The van der Waals surface area contributed by atoms with Gasteiger partial charge in [0.1, 0.15) is 5.82 Å². The molecule has 7 nitrogen and oxygen atoms in total. The lowest BCUT2D eigenvalue weighted by molar-refractivity contribution is -0.120. The Bertz CT molecular complexity index is 1040. The average Bonchev–Trinajstić information content (AvgIpc) is 3.34. The van der Waals surface area contributed by atoms with Crippen LogP contribution in [0.4, 0.5) is 14.7 Å². The standard InChI is InChI=1S/C19H20FN5O2S2/c1-21-16(26)9-13-10-28-18(22-13)24-17(27)11-4-6-25(7-5-11)19-23-14-3-2-12(20)8-15(14)29-19/h2-3,8,10-11H,4-7,9H2,1H3,(H,21,26)(H,22,24,27). The number of likely N-dealkylation sites (N-methyl/N-ethyl adjacent to an activating group) is 1. The van der Waals surface area contributed by atoms with Crippen molar-refractivity contribution in [1.82, 2.24) is 15.3 Å². The van der Waals surface area contributed by atoms with Crippen LogP contribution in [0.3, 0.4) is 0 Å². The van der Waals surface area contributed by atoms with Gasteiger partial charge < -0.3 is 15.5 Å². The number of nitrogens with zero attached hydrogens (tertiary/aromatic N) is 3. The zero-order valence-corrected chi connectivity index (χ0v) is 17.4. The van der Waals surface area contributed by atoms with Crippen molar-refractivity contribution in [1.29, 1.82) is 0 Å². The van der Waals surface area contributed by atoms with E-state index >= 15 is 0 Å². The Labute approximate surface area is 175 Å². The fourth-order valence-corrected chi connectivity index (χ4v) is 5.02. The largest absolute Gasteiger partial charge is 0.359 e. The highest BCUT2D eigenvalue weighted by Gasteiger charge is 2.27. The molecule has 1 aliphatic heterocycles. The predicted molar refractivity (Wildman–Crippen MR) is 113 cm³/mol. The molecular weight excluding hydrogens is 413 g/mol. The lowest BCUT2D eigenvalue weighted by Crippen LogP contribution is -2.38. The van der Waals surface area contributed by atoms with E-state index in [4.69, 9.17) is 0 Å². The van der Waals surface area contributed by atoms with Crippen LogP contribution in [-0.4, -0.2) is 41.9 Å². The second kappa shape index (κ2) is 8.42. The van der Waals surface area contributed by atoms with Crippen molar-refractivity contribution in [2.24, 2.45) is 5.92 Å². The molecule has 2 amide bonds. The Hall–Kier alpha value is -2.59. The van der Waals surface area contributed by atoms with Crippen molar-refractivity contribution >= 4 is 55.0 Å². The molecule has 3 aromatic rings. The Morgan fingerprint density at radius 1 is 1.28 bits per heavy atom. The van der Waals surface area contributed by atoms with Gasteiger partial charge in [0.15, 0.2) is 10.3 Å². The maximum Gasteiger partial charge on any atom is 0.229 e. The molecule has 10 heteroatoms. The van der Waals surface area contributed by atoms with E-state index in [9.17, 15) is 14.0 Å². The first kappa shape index (κ1) is 19.7. The third kappa shape index (κ3) is 4.54. The number of halogens is 1. The van der Waals surface area contributed by atoms with Crippen molar-refractivity contribution in [2.45, 2.75) is 19.3 Å². The number of piperidine rings is 1. The van der Waals surface area contributed by atoms with E-state index in [-0.39, 0.29) is 30.0 Å². The summed E-state index contributed by atoms with van der Waals surface area (Å²) in [5.41, 5.74) is 1.44. The van der Waals surface area contributed by atoms with Crippen molar-refractivity contribution in [2.75, 3.05) is 30.4 Å². The second-order valence-electron chi connectivity index (χ2n) is 6.85. The van der Waals surface area contributed by atoms with Crippen LogP contribution in [0.1, 0.15) is 18.5 Å². The number of thiazole rings is 2. The molecule has 4 rings (SSSR count). The average molecular weight is 434 g/mol. The van der Waals surface area contributed by atoms with Crippen molar-refractivity contribution in [3.8, 4) is 0 Å². The number of fused-ring (bicyclic) bond motifs is 1. The van der Waals surface area contributed by atoms with Gasteiger partial charge in [0.2, 0.25) is 11.8 Å². The van der Waals surface area contributed by atoms with Crippen LogP contribution in [0, 0.1) is 11.7 Å². The quantitative estimate of drug-likeness (QED) is 0.646. The number of benzene rings is 1. The third-order valence-corrected chi connectivity index (χ3v) is 6.76. The normalized spacial score (nSPS) is 14.9. The maximum absolute atomic E-state index is 13.4. The molecule has 2 aromatic heterocycles. The molecule has 29 heavy (non-hydrogen) atoms. The number of carbonyl (C=O) groups is 2. The van der Waals surface area contributed by atoms with E-state index in [0.29, 0.717) is 23.7 Å². The predicted octanol–water partition coefficient (Wildman–Crippen LogP) is 3.04. The number of carbonyl (C=O) groups excluding carboxylic acids is 2. The van der Waals surface area contributed by atoms with Crippen LogP contribution in [0.15, 0.2) is 23.6 Å². The summed E-state index contributed by atoms with van der Waals surface area (Å²) in [7, 11) is 1.58. The molecule has 1 aliphatic rings. The van der Waals surface area contributed by atoms with Crippen LogP contribution < -0.4 is 15.5 Å². The zero-order chi connectivity index (χ0) is 20.4. The molecule has 0 unspecified atom stereocenters. The maximum atomic E-state index is 13.4. The molecule has 0 radical (unpaired) electrons. The van der Waals surface area contributed by atoms with E-state index in [2.05, 4.69) is 25.5 Å². The van der Waals surface area contributed by atoms with Gasteiger partial charge in [-0.3, -0.25) is 9.59 Å². The van der Waals surface area contributed by atoms with Gasteiger partial charge >= 0.3 is 0 Å². The van der Waals surface area contributed by atoms with Gasteiger partial charge in [0.05, 0.1) is 22.3 Å². The molecule has 2 N–H and O–H groups in total. The van der Waals surface area contributed by atoms with E-state index in [1.165, 1.54) is 34.8 Å². The minimum absolute atomic E-state index is 0.0446. The van der Waals surface area contributed by atoms with Crippen LogP contribution in [0.5, 0.6) is 0 Å². The van der Waals surface area contributed by atoms with Gasteiger partial charge in [-0.05, 0) is 31.0 Å². The summed E-state index contributed by atoms with van der Waals surface area (Å²) >= 11 is 2.80. The molecule has 1 fully saturated rings. The van der Waals surface area contributed by atoms with Crippen molar-refractivity contribution in [3.63, 3.8) is 0 Å². The number of hydrogen-bond acceptors (Lipinski definition) is 7. The molecule has 3 heterocycles. The highest BCUT2D eigenvalue weighted by molar-refractivity contribution is 7.22. The minimum Gasteiger partial charge on any atom is -0.359 e. The van der Waals surface area contributed by atoms with E-state index in [1.54, 1.807) is 18.5 Å². The molecule has 152 valence electrons. The van der Waals surface area contributed by atoms with Gasteiger partial charge in [-0.25, -0.2) is 14.4 Å². The monoisotopic (exact) mass is 433 g/mol. The highest BCUT2D eigenvalue weighted by atomic mass is 32.1. The Morgan fingerprint density at radius 2 is 2.07 bits per heavy atom. The summed E-state index contributed by atoms with van der Waals surface area (Å²) in [6, 6.07) is 4.61. The summed E-state index contributed by atoms with van der Waals surface area (Å²) in [5.74, 6) is -0.511. The van der Waals surface area contributed by atoms with Gasteiger partial charge in [-0.1, -0.05) is 11.3 Å². The molecule has 0 atom stereocenters. The molecule has 0 bridgehead atoms. The summed E-state index contributed by atoms with van der Waals surface area (Å²) in [6.07, 6.45) is 1.63. The highest BCUT2D eigenvalue weighted by Crippen LogP contribution is 2.32. The number of rotatable bonds is 5. The number of anilines is 2. The van der Waals surface area contributed by atoms with Crippen molar-refractivity contribution < 1.29 is 14.0 Å². The number of aromatic nitrogens is 2. The Morgan fingerprint density at radius 3 is 2.83 bits per heavy atom. The van der Waals surface area contributed by atoms with Crippen LogP contribution in [0.2, 0.25) is 0 Å². The first-order chi connectivity index (χ1) is 14.0. The van der Waals surface area contributed by atoms with Crippen LogP contribution in [-0.2, 0) is 16.0 Å². The topological polar surface area (TPSA) is 87.2 Å². The number of hydrogen-bond donors (Lipinski definition) is 2. The van der Waals surface area contributed by atoms with E-state index < -0.39 is 0 Å². The second-order valence-corrected chi connectivity index (χ2v) is 8.72. The lowest BCUT2D eigenvalue weighted by atomic mass is 9.96. The number of nitrogens with one attached hydrogen (secondary N) is 2. The lowest BCUT2D eigenvalue weighted by Gasteiger charge is -2.30. The SMILES string of the molecule is CNC(=O)Cc1csc(NC(=O)C2CCN(c3nc4ccc(F)cc4s3)CC2)n1.